The maximum absolute atomic E-state index is 3.60. The Kier molecular flexibility index (Phi) is 6.62. The molecule has 2 fully saturated rings. The van der Waals surface area contributed by atoms with Crippen molar-refractivity contribution >= 4 is 0 Å². The average molecular weight is 267 g/mol. The molecule has 1 aliphatic carbocycles. The Labute approximate surface area is 119 Å². The second-order valence-electron chi connectivity index (χ2n) is 6.33. The number of nitrogens with one attached hydrogen (secondary N) is 1. The van der Waals surface area contributed by atoms with Crippen molar-refractivity contribution in [3.05, 3.63) is 0 Å². The average Bonchev–Trinajstić information content (AvgIpc) is 2.41. The number of hydrogen-bond donors (Lipinski definition) is 1. The van der Waals surface area contributed by atoms with Crippen LogP contribution in [-0.2, 0) is 0 Å². The molecule has 0 radical (unpaired) electrons. The van der Waals surface area contributed by atoms with E-state index in [-0.39, 0.29) is 0 Å². The Bertz CT molecular complexity index is 236. The topological polar surface area (TPSA) is 18.5 Å². The minimum Gasteiger partial charge on any atom is -0.315 e. The van der Waals surface area contributed by atoms with Crippen LogP contribution in [0.1, 0.15) is 51.9 Å². The summed E-state index contributed by atoms with van der Waals surface area (Å²) >= 11 is 0. The van der Waals surface area contributed by atoms with Gasteiger partial charge in [0.05, 0.1) is 0 Å². The van der Waals surface area contributed by atoms with Crippen LogP contribution in [0.2, 0.25) is 0 Å². The first-order valence-corrected chi connectivity index (χ1v) is 8.48. The van der Waals surface area contributed by atoms with Crippen molar-refractivity contribution in [3.8, 4) is 0 Å². The third-order valence-corrected chi connectivity index (χ3v) is 5.02. The van der Waals surface area contributed by atoms with E-state index in [9.17, 15) is 0 Å². The highest BCUT2D eigenvalue weighted by atomic mass is 15.3. The quantitative estimate of drug-likeness (QED) is 0.843. The number of nitrogens with zero attached hydrogens (tertiary/aromatic N) is 2. The highest BCUT2D eigenvalue weighted by Crippen LogP contribution is 2.23. The summed E-state index contributed by atoms with van der Waals surface area (Å²) in [6.45, 7) is 8.69. The molecule has 1 aliphatic heterocycles. The molecule has 0 amide bonds. The third-order valence-electron chi connectivity index (χ3n) is 5.02. The van der Waals surface area contributed by atoms with Gasteiger partial charge in [0.1, 0.15) is 0 Å². The summed E-state index contributed by atoms with van der Waals surface area (Å²) in [5, 5.41) is 3.60. The second kappa shape index (κ2) is 8.23. The third kappa shape index (κ3) is 4.44. The zero-order valence-electron chi connectivity index (χ0n) is 13.0. The Morgan fingerprint density at radius 2 is 1.63 bits per heavy atom. The molecular weight excluding hydrogens is 234 g/mol. The smallest absolute Gasteiger partial charge is 0.0250 e. The summed E-state index contributed by atoms with van der Waals surface area (Å²) < 4.78 is 0. The Hall–Kier alpha value is -0.120. The highest BCUT2D eigenvalue weighted by Gasteiger charge is 2.29. The number of likely N-dealkylation sites (N-methyl/N-ethyl adjacent to an activating group) is 1. The van der Waals surface area contributed by atoms with Crippen LogP contribution in [0.5, 0.6) is 0 Å². The van der Waals surface area contributed by atoms with E-state index in [1.165, 1.54) is 77.7 Å². The lowest BCUT2D eigenvalue weighted by Crippen LogP contribution is -2.56. The largest absolute Gasteiger partial charge is 0.315 e. The monoisotopic (exact) mass is 267 g/mol. The fourth-order valence-corrected chi connectivity index (χ4v) is 3.87. The van der Waals surface area contributed by atoms with Crippen molar-refractivity contribution in [2.75, 3.05) is 39.8 Å². The first-order valence-electron chi connectivity index (χ1n) is 8.48. The minimum atomic E-state index is 0.720. The Morgan fingerprint density at radius 3 is 2.26 bits per heavy atom. The second-order valence-corrected chi connectivity index (χ2v) is 6.33. The molecule has 1 saturated heterocycles. The molecule has 0 aromatic carbocycles. The summed E-state index contributed by atoms with van der Waals surface area (Å²) in [4.78, 5) is 5.41. The molecule has 112 valence electrons. The fraction of sp³-hybridized carbons (Fsp3) is 1.00. The summed E-state index contributed by atoms with van der Waals surface area (Å²) in [7, 11) is 2.16. The van der Waals surface area contributed by atoms with Gasteiger partial charge in [-0.05, 0) is 32.9 Å². The van der Waals surface area contributed by atoms with E-state index in [0.717, 1.165) is 12.1 Å². The molecule has 2 aliphatic rings. The van der Waals surface area contributed by atoms with E-state index in [1.54, 1.807) is 0 Å². The normalized spacial score (nSPS) is 31.9. The van der Waals surface area contributed by atoms with Gasteiger partial charge in [-0.1, -0.05) is 32.6 Å². The van der Waals surface area contributed by atoms with Gasteiger partial charge in [0.15, 0.2) is 0 Å². The van der Waals surface area contributed by atoms with Crippen LogP contribution in [0.4, 0.5) is 0 Å². The molecule has 2 unspecified atom stereocenters. The zero-order valence-corrected chi connectivity index (χ0v) is 13.0. The first-order chi connectivity index (χ1) is 9.35. The van der Waals surface area contributed by atoms with Gasteiger partial charge in [0, 0.05) is 38.3 Å². The highest BCUT2D eigenvalue weighted by molar-refractivity contribution is 4.87. The zero-order chi connectivity index (χ0) is 13.5. The minimum absolute atomic E-state index is 0.720. The van der Waals surface area contributed by atoms with E-state index in [1.807, 2.05) is 0 Å². The van der Waals surface area contributed by atoms with Crippen molar-refractivity contribution in [1.29, 1.82) is 0 Å². The van der Waals surface area contributed by atoms with Crippen molar-refractivity contribution in [2.45, 2.75) is 64.0 Å². The molecule has 0 aromatic rings. The van der Waals surface area contributed by atoms with Gasteiger partial charge < -0.3 is 10.2 Å². The molecule has 19 heavy (non-hydrogen) atoms. The van der Waals surface area contributed by atoms with Gasteiger partial charge in [-0.25, -0.2) is 0 Å². The summed E-state index contributed by atoms with van der Waals surface area (Å²) in [6.07, 6.45) is 9.80. The van der Waals surface area contributed by atoms with Gasteiger partial charge in [-0.2, -0.15) is 0 Å². The molecule has 3 nitrogen and oxygen atoms in total. The van der Waals surface area contributed by atoms with E-state index in [0.29, 0.717) is 0 Å². The van der Waals surface area contributed by atoms with Crippen molar-refractivity contribution in [2.24, 2.45) is 0 Å². The van der Waals surface area contributed by atoms with Crippen LogP contribution in [0.15, 0.2) is 0 Å². The molecule has 0 spiro atoms. The number of hydrogen-bond acceptors (Lipinski definition) is 3. The van der Waals surface area contributed by atoms with Crippen molar-refractivity contribution in [3.63, 3.8) is 0 Å². The standard InChI is InChI=1S/C16H33N3/c1-3-10-18-11-13-19(14-12-18)16-9-7-5-4-6-8-15(16)17-2/h15-17H,3-14H2,1-2H3. The van der Waals surface area contributed by atoms with Crippen LogP contribution in [0, 0.1) is 0 Å². The fourth-order valence-electron chi connectivity index (χ4n) is 3.87. The van der Waals surface area contributed by atoms with Gasteiger partial charge >= 0.3 is 0 Å². The maximum atomic E-state index is 3.60. The first kappa shape index (κ1) is 15.3. The lowest BCUT2D eigenvalue weighted by atomic mass is 9.91. The van der Waals surface area contributed by atoms with Gasteiger partial charge in [-0.15, -0.1) is 0 Å². The molecule has 0 bridgehead atoms. The molecule has 0 aromatic heterocycles. The summed E-state index contributed by atoms with van der Waals surface area (Å²) in [5.74, 6) is 0. The van der Waals surface area contributed by atoms with Crippen LogP contribution in [0.25, 0.3) is 0 Å². The molecule has 1 N–H and O–H groups in total. The maximum Gasteiger partial charge on any atom is 0.0250 e. The molecular formula is C16H33N3. The van der Waals surface area contributed by atoms with Crippen LogP contribution < -0.4 is 5.32 Å². The van der Waals surface area contributed by atoms with Crippen molar-refractivity contribution < 1.29 is 0 Å². The summed E-state index contributed by atoms with van der Waals surface area (Å²) in [6, 6.07) is 1.51. The molecule has 2 atom stereocenters. The molecule has 1 heterocycles. The van der Waals surface area contributed by atoms with Crippen LogP contribution in [0.3, 0.4) is 0 Å². The molecule has 2 rings (SSSR count). The van der Waals surface area contributed by atoms with Crippen LogP contribution in [-0.4, -0.2) is 61.7 Å². The van der Waals surface area contributed by atoms with E-state index < -0.39 is 0 Å². The SMILES string of the molecule is CCCN1CCN(C2CCCCCCC2NC)CC1. The van der Waals surface area contributed by atoms with Crippen molar-refractivity contribution in [1.82, 2.24) is 15.1 Å². The summed E-state index contributed by atoms with van der Waals surface area (Å²) in [5.41, 5.74) is 0. The Balaban J connectivity index is 1.87. The van der Waals surface area contributed by atoms with Gasteiger partial charge in [-0.3, -0.25) is 4.90 Å². The van der Waals surface area contributed by atoms with E-state index in [2.05, 4.69) is 29.1 Å². The molecule has 3 heteroatoms. The molecule has 1 saturated carbocycles. The lowest BCUT2D eigenvalue weighted by Gasteiger charge is -2.43. The Morgan fingerprint density at radius 1 is 0.947 bits per heavy atom. The number of piperazine rings is 1. The predicted molar refractivity (Wildman–Crippen MR) is 82.6 cm³/mol. The predicted octanol–water partition coefficient (Wildman–Crippen LogP) is 2.32. The van der Waals surface area contributed by atoms with Crippen LogP contribution >= 0.6 is 0 Å². The van der Waals surface area contributed by atoms with E-state index in [4.69, 9.17) is 0 Å². The number of rotatable bonds is 4. The lowest BCUT2D eigenvalue weighted by molar-refractivity contribution is 0.0694. The van der Waals surface area contributed by atoms with Gasteiger partial charge in [0.2, 0.25) is 0 Å². The van der Waals surface area contributed by atoms with E-state index >= 15 is 0 Å². The van der Waals surface area contributed by atoms with Gasteiger partial charge in [0.25, 0.3) is 0 Å².